The monoisotopic (exact) mass is 255 g/mol. The van der Waals surface area contributed by atoms with Crippen LogP contribution in [0.25, 0.3) is 0 Å². The van der Waals surface area contributed by atoms with E-state index in [9.17, 15) is 9.59 Å². The molecule has 0 saturated carbocycles. The standard InChI is InChI=1S/C11H17N3O2S/c1-12-5-4-10(15)13-6-7-14-11(16)9-3-2-8-17-9/h2-3,8,12H,4-7H2,1H3,(H,13,15)(H,14,16). The Morgan fingerprint density at radius 3 is 2.65 bits per heavy atom. The Kier molecular flexibility index (Phi) is 6.27. The second kappa shape index (κ2) is 7.81. The second-order valence-electron chi connectivity index (χ2n) is 3.44. The van der Waals surface area contributed by atoms with Gasteiger partial charge in [0.2, 0.25) is 5.91 Å². The number of rotatable bonds is 7. The molecule has 1 aromatic rings. The zero-order chi connectivity index (χ0) is 12.5. The average molecular weight is 255 g/mol. The fourth-order valence-corrected chi connectivity index (χ4v) is 1.84. The summed E-state index contributed by atoms with van der Waals surface area (Å²) in [6, 6.07) is 3.60. The predicted octanol–water partition coefficient (Wildman–Crippen LogP) is 0.204. The lowest BCUT2D eigenvalue weighted by molar-refractivity contribution is -0.120. The molecule has 0 atom stereocenters. The molecule has 2 amide bonds. The van der Waals surface area contributed by atoms with Crippen molar-refractivity contribution in [3.05, 3.63) is 22.4 Å². The summed E-state index contributed by atoms with van der Waals surface area (Å²) in [5.41, 5.74) is 0. The minimum atomic E-state index is -0.0931. The molecule has 0 aliphatic heterocycles. The highest BCUT2D eigenvalue weighted by molar-refractivity contribution is 7.12. The van der Waals surface area contributed by atoms with Crippen molar-refractivity contribution in [2.75, 3.05) is 26.7 Å². The molecular weight excluding hydrogens is 238 g/mol. The van der Waals surface area contributed by atoms with Crippen molar-refractivity contribution in [3.63, 3.8) is 0 Å². The average Bonchev–Trinajstić information content (AvgIpc) is 2.85. The lowest BCUT2D eigenvalue weighted by Gasteiger charge is -2.06. The van der Waals surface area contributed by atoms with Gasteiger partial charge < -0.3 is 16.0 Å². The van der Waals surface area contributed by atoms with Gasteiger partial charge in [0.05, 0.1) is 4.88 Å². The number of carbonyl (C=O) groups excluding carboxylic acids is 2. The first kappa shape index (κ1) is 13.7. The molecule has 3 N–H and O–H groups in total. The van der Waals surface area contributed by atoms with Crippen LogP contribution in [-0.4, -0.2) is 38.5 Å². The van der Waals surface area contributed by atoms with Crippen molar-refractivity contribution in [1.82, 2.24) is 16.0 Å². The summed E-state index contributed by atoms with van der Waals surface area (Å²) in [6.45, 7) is 1.56. The third-order valence-electron chi connectivity index (χ3n) is 2.08. The molecule has 0 radical (unpaired) electrons. The van der Waals surface area contributed by atoms with E-state index in [0.717, 1.165) is 0 Å². The number of nitrogens with one attached hydrogen (secondary N) is 3. The van der Waals surface area contributed by atoms with Gasteiger partial charge in [0.15, 0.2) is 0 Å². The van der Waals surface area contributed by atoms with Crippen LogP contribution in [0.5, 0.6) is 0 Å². The van der Waals surface area contributed by atoms with Gasteiger partial charge in [-0.2, -0.15) is 0 Å². The molecule has 6 heteroatoms. The third-order valence-corrected chi connectivity index (χ3v) is 2.95. The molecule has 1 rings (SSSR count). The first-order chi connectivity index (χ1) is 8.24. The summed E-state index contributed by atoms with van der Waals surface area (Å²) in [4.78, 5) is 23.4. The highest BCUT2D eigenvalue weighted by Crippen LogP contribution is 2.07. The molecule has 5 nitrogen and oxygen atoms in total. The number of carbonyl (C=O) groups is 2. The maximum Gasteiger partial charge on any atom is 0.261 e. The van der Waals surface area contributed by atoms with Crippen molar-refractivity contribution in [2.45, 2.75) is 6.42 Å². The Hall–Kier alpha value is -1.40. The Morgan fingerprint density at radius 2 is 2.00 bits per heavy atom. The smallest absolute Gasteiger partial charge is 0.261 e. The van der Waals surface area contributed by atoms with E-state index in [2.05, 4.69) is 16.0 Å². The van der Waals surface area contributed by atoms with Gasteiger partial charge in [-0.25, -0.2) is 0 Å². The Morgan fingerprint density at radius 1 is 1.24 bits per heavy atom. The van der Waals surface area contributed by atoms with Crippen LogP contribution in [0.4, 0.5) is 0 Å². The van der Waals surface area contributed by atoms with Gasteiger partial charge in [-0.1, -0.05) is 6.07 Å². The molecule has 94 valence electrons. The van der Waals surface area contributed by atoms with Crippen LogP contribution >= 0.6 is 11.3 Å². The van der Waals surface area contributed by atoms with E-state index >= 15 is 0 Å². The third kappa shape index (κ3) is 5.46. The van der Waals surface area contributed by atoms with Gasteiger partial charge >= 0.3 is 0 Å². The number of thiophene rings is 1. The molecule has 0 bridgehead atoms. The summed E-state index contributed by atoms with van der Waals surface area (Å²) >= 11 is 1.40. The molecule has 1 heterocycles. The molecule has 1 aromatic heterocycles. The zero-order valence-electron chi connectivity index (χ0n) is 9.79. The molecule has 0 aliphatic rings. The lowest BCUT2D eigenvalue weighted by Crippen LogP contribution is -2.35. The predicted molar refractivity (Wildman–Crippen MR) is 68.2 cm³/mol. The minimum absolute atomic E-state index is 0.00952. The normalized spacial score (nSPS) is 9.94. The van der Waals surface area contributed by atoms with Gasteiger partial charge in [-0.05, 0) is 18.5 Å². The van der Waals surface area contributed by atoms with Gasteiger partial charge in [0, 0.05) is 26.1 Å². The van der Waals surface area contributed by atoms with Crippen molar-refractivity contribution in [2.24, 2.45) is 0 Å². The Bertz CT molecular complexity index is 352. The second-order valence-corrected chi connectivity index (χ2v) is 4.38. The maximum atomic E-state index is 11.5. The van der Waals surface area contributed by atoms with Crippen LogP contribution in [0, 0.1) is 0 Å². The van der Waals surface area contributed by atoms with Crippen LogP contribution in [0.15, 0.2) is 17.5 Å². The van der Waals surface area contributed by atoms with E-state index in [-0.39, 0.29) is 11.8 Å². The molecular formula is C11H17N3O2S. The Labute approximate surface area is 105 Å². The Balaban J connectivity index is 2.08. The van der Waals surface area contributed by atoms with E-state index in [1.807, 2.05) is 11.4 Å². The summed E-state index contributed by atoms with van der Waals surface area (Å²) in [5, 5.41) is 10.2. The first-order valence-corrected chi connectivity index (χ1v) is 6.35. The van der Waals surface area contributed by atoms with Crippen LogP contribution in [0.3, 0.4) is 0 Å². The fraction of sp³-hybridized carbons (Fsp3) is 0.455. The van der Waals surface area contributed by atoms with Crippen molar-refractivity contribution in [3.8, 4) is 0 Å². The summed E-state index contributed by atoms with van der Waals surface area (Å²) in [7, 11) is 1.80. The van der Waals surface area contributed by atoms with Crippen LogP contribution in [-0.2, 0) is 4.79 Å². The van der Waals surface area contributed by atoms with E-state index in [0.29, 0.717) is 30.9 Å². The zero-order valence-corrected chi connectivity index (χ0v) is 10.6. The van der Waals surface area contributed by atoms with E-state index in [1.165, 1.54) is 11.3 Å². The van der Waals surface area contributed by atoms with Crippen LogP contribution < -0.4 is 16.0 Å². The molecule has 0 aromatic carbocycles. The first-order valence-electron chi connectivity index (χ1n) is 5.47. The van der Waals surface area contributed by atoms with Gasteiger partial charge in [0.1, 0.15) is 0 Å². The maximum absolute atomic E-state index is 11.5. The van der Waals surface area contributed by atoms with Crippen LogP contribution in [0.1, 0.15) is 16.1 Å². The molecule has 17 heavy (non-hydrogen) atoms. The minimum Gasteiger partial charge on any atom is -0.354 e. The lowest BCUT2D eigenvalue weighted by atomic mass is 10.4. The number of hydrogen-bond donors (Lipinski definition) is 3. The molecule has 0 unspecified atom stereocenters. The van der Waals surface area contributed by atoms with E-state index in [4.69, 9.17) is 0 Å². The van der Waals surface area contributed by atoms with Gasteiger partial charge in [-0.15, -0.1) is 11.3 Å². The number of hydrogen-bond acceptors (Lipinski definition) is 4. The SMILES string of the molecule is CNCCC(=O)NCCNC(=O)c1cccs1. The molecule has 0 fully saturated rings. The largest absolute Gasteiger partial charge is 0.354 e. The van der Waals surface area contributed by atoms with Crippen LogP contribution in [0.2, 0.25) is 0 Å². The van der Waals surface area contributed by atoms with E-state index < -0.39 is 0 Å². The van der Waals surface area contributed by atoms with Crippen molar-refractivity contribution < 1.29 is 9.59 Å². The quantitative estimate of drug-likeness (QED) is 0.610. The highest BCUT2D eigenvalue weighted by atomic mass is 32.1. The molecule has 0 spiro atoms. The van der Waals surface area contributed by atoms with E-state index in [1.54, 1.807) is 13.1 Å². The highest BCUT2D eigenvalue weighted by Gasteiger charge is 2.05. The van der Waals surface area contributed by atoms with Gasteiger partial charge in [-0.3, -0.25) is 9.59 Å². The molecule has 0 aliphatic carbocycles. The van der Waals surface area contributed by atoms with Crippen molar-refractivity contribution in [1.29, 1.82) is 0 Å². The fourth-order valence-electron chi connectivity index (χ4n) is 1.20. The van der Waals surface area contributed by atoms with Crippen molar-refractivity contribution >= 4 is 23.2 Å². The summed E-state index contributed by atoms with van der Waals surface area (Å²) < 4.78 is 0. The number of amides is 2. The van der Waals surface area contributed by atoms with Gasteiger partial charge in [0.25, 0.3) is 5.91 Å². The topological polar surface area (TPSA) is 70.2 Å². The summed E-state index contributed by atoms with van der Waals surface area (Å²) in [6.07, 6.45) is 0.454. The summed E-state index contributed by atoms with van der Waals surface area (Å²) in [5.74, 6) is -0.103. The molecule has 0 saturated heterocycles.